The predicted octanol–water partition coefficient (Wildman–Crippen LogP) is 6.04. The van der Waals surface area contributed by atoms with Gasteiger partial charge < -0.3 is 10.6 Å². The number of hydrogen-bond acceptors (Lipinski definition) is 3. The van der Waals surface area contributed by atoms with Gasteiger partial charge in [0.25, 0.3) is 11.8 Å². The van der Waals surface area contributed by atoms with Gasteiger partial charge in [-0.15, -0.1) is 0 Å². The minimum Gasteiger partial charge on any atom is -0.351 e. The second kappa shape index (κ2) is 17.9. The van der Waals surface area contributed by atoms with E-state index in [9.17, 15) is 9.59 Å². The van der Waals surface area contributed by atoms with Crippen molar-refractivity contribution in [1.82, 2.24) is 15.6 Å². The fourth-order valence-corrected chi connectivity index (χ4v) is 3.44. The molecule has 0 unspecified atom stereocenters. The Balaban J connectivity index is 2.22. The Labute approximate surface area is 183 Å². The third kappa shape index (κ3) is 12.6. The van der Waals surface area contributed by atoms with Crippen LogP contribution in [-0.2, 0) is 0 Å². The second-order valence-electron chi connectivity index (χ2n) is 8.16. The van der Waals surface area contributed by atoms with Gasteiger partial charge in [0.1, 0.15) is 11.4 Å². The Hall–Kier alpha value is -1.91. The van der Waals surface area contributed by atoms with Crippen molar-refractivity contribution in [2.75, 3.05) is 13.1 Å². The number of nitrogens with zero attached hydrogens (tertiary/aromatic N) is 1. The number of aromatic nitrogens is 1. The quantitative estimate of drug-likeness (QED) is 0.286. The summed E-state index contributed by atoms with van der Waals surface area (Å²) in [4.78, 5) is 28.8. The van der Waals surface area contributed by atoms with Crippen LogP contribution in [0.5, 0.6) is 0 Å². The van der Waals surface area contributed by atoms with E-state index in [1.54, 1.807) is 18.2 Å². The van der Waals surface area contributed by atoms with E-state index in [1.807, 2.05) is 0 Å². The molecule has 1 aromatic rings. The van der Waals surface area contributed by atoms with Crippen LogP contribution in [0.1, 0.15) is 125 Å². The van der Waals surface area contributed by atoms with E-state index in [-0.39, 0.29) is 11.8 Å². The van der Waals surface area contributed by atoms with Crippen molar-refractivity contribution in [2.24, 2.45) is 0 Å². The number of carbonyl (C=O) groups excluding carboxylic acids is 2. The van der Waals surface area contributed by atoms with E-state index in [1.165, 1.54) is 64.2 Å². The summed E-state index contributed by atoms with van der Waals surface area (Å²) in [6.45, 7) is 5.75. The Kier molecular flexibility index (Phi) is 15.6. The van der Waals surface area contributed by atoms with Gasteiger partial charge in [-0.25, -0.2) is 4.98 Å². The average Bonchev–Trinajstić information content (AvgIpc) is 2.77. The maximum Gasteiger partial charge on any atom is 0.269 e. The smallest absolute Gasteiger partial charge is 0.269 e. The lowest BCUT2D eigenvalue weighted by Gasteiger charge is -2.07. The van der Waals surface area contributed by atoms with Crippen molar-refractivity contribution in [3.05, 3.63) is 29.6 Å². The summed E-state index contributed by atoms with van der Waals surface area (Å²) in [5, 5.41) is 5.83. The van der Waals surface area contributed by atoms with Crippen molar-refractivity contribution in [3.8, 4) is 0 Å². The first-order valence-corrected chi connectivity index (χ1v) is 12.2. The molecule has 2 N–H and O–H groups in total. The van der Waals surface area contributed by atoms with Gasteiger partial charge in [-0.1, -0.05) is 97.0 Å². The zero-order valence-corrected chi connectivity index (χ0v) is 19.3. The van der Waals surface area contributed by atoms with E-state index >= 15 is 0 Å². The Morgan fingerprint density at radius 1 is 0.633 bits per heavy atom. The molecule has 2 amide bonds. The first-order chi connectivity index (χ1) is 14.7. The lowest BCUT2D eigenvalue weighted by Crippen LogP contribution is -2.28. The van der Waals surface area contributed by atoms with Gasteiger partial charge in [0, 0.05) is 13.1 Å². The monoisotopic (exact) mass is 417 g/mol. The van der Waals surface area contributed by atoms with E-state index in [2.05, 4.69) is 29.5 Å². The topological polar surface area (TPSA) is 71.1 Å². The second-order valence-corrected chi connectivity index (χ2v) is 8.16. The summed E-state index contributed by atoms with van der Waals surface area (Å²) in [5.41, 5.74) is 0.614. The highest BCUT2D eigenvalue weighted by atomic mass is 16.2. The molecular weight excluding hydrogens is 374 g/mol. The van der Waals surface area contributed by atoms with Crippen LogP contribution in [0.4, 0.5) is 0 Å². The molecule has 5 nitrogen and oxygen atoms in total. The number of unbranched alkanes of at least 4 members (excludes halogenated alkanes) is 12. The molecule has 0 radical (unpaired) electrons. The van der Waals surface area contributed by atoms with Crippen LogP contribution in [0.15, 0.2) is 18.2 Å². The van der Waals surface area contributed by atoms with Gasteiger partial charge in [0.05, 0.1) is 0 Å². The SMILES string of the molecule is CCCCCCCCCNC(=O)c1cccc(C(=O)NCCCCCCCCC)n1. The fraction of sp³-hybridized carbons (Fsp3) is 0.720. The molecule has 1 aromatic heterocycles. The van der Waals surface area contributed by atoms with E-state index < -0.39 is 0 Å². The summed E-state index contributed by atoms with van der Waals surface area (Å²) < 4.78 is 0. The van der Waals surface area contributed by atoms with Crippen LogP contribution in [0, 0.1) is 0 Å². The number of pyridine rings is 1. The molecule has 5 heteroatoms. The highest BCUT2D eigenvalue weighted by Gasteiger charge is 2.11. The molecule has 0 bridgehead atoms. The van der Waals surface area contributed by atoms with Crippen molar-refractivity contribution < 1.29 is 9.59 Å². The lowest BCUT2D eigenvalue weighted by molar-refractivity contribution is 0.0943. The van der Waals surface area contributed by atoms with Gasteiger partial charge >= 0.3 is 0 Å². The number of hydrogen-bond donors (Lipinski definition) is 2. The molecule has 0 aliphatic heterocycles. The Bertz CT molecular complexity index is 542. The van der Waals surface area contributed by atoms with E-state index in [0.717, 1.165) is 25.7 Å². The highest BCUT2D eigenvalue weighted by molar-refractivity contribution is 5.96. The van der Waals surface area contributed by atoms with E-state index in [4.69, 9.17) is 0 Å². The van der Waals surface area contributed by atoms with Gasteiger partial charge in [-0.05, 0) is 25.0 Å². The normalized spacial score (nSPS) is 10.7. The number of rotatable bonds is 18. The predicted molar refractivity (Wildman–Crippen MR) is 125 cm³/mol. The van der Waals surface area contributed by atoms with Gasteiger partial charge in [0.2, 0.25) is 0 Å². The molecule has 170 valence electrons. The van der Waals surface area contributed by atoms with Gasteiger partial charge in [0.15, 0.2) is 0 Å². The first-order valence-electron chi connectivity index (χ1n) is 12.2. The average molecular weight is 418 g/mol. The van der Waals surface area contributed by atoms with E-state index in [0.29, 0.717) is 24.5 Å². The number of amides is 2. The number of nitrogens with one attached hydrogen (secondary N) is 2. The van der Waals surface area contributed by atoms with Crippen LogP contribution in [0.3, 0.4) is 0 Å². The Morgan fingerprint density at radius 3 is 1.40 bits per heavy atom. The molecule has 0 saturated heterocycles. The summed E-state index contributed by atoms with van der Waals surface area (Å²) in [5.74, 6) is -0.412. The van der Waals surface area contributed by atoms with Crippen LogP contribution >= 0.6 is 0 Å². The summed E-state index contributed by atoms with van der Waals surface area (Å²) in [6, 6.07) is 5.04. The minimum absolute atomic E-state index is 0.206. The van der Waals surface area contributed by atoms with Crippen molar-refractivity contribution in [1.29, 1.82) is 0 Å². The van der Waals surface area contributed by atoms with Crippen LogP contribution in [0.25, 0.3) is 0 Å². The summed E-state index contributed by atoms with van der Waals surface area (Å²) in [7, 11) is 0. The lowest BCUT2D eigenvalue weighted by atomic mass is 10.1. The largest absolute Gasteiger partial charge is 0.351 e. The first kappa shape index (κ1) is 26.1. The number of carbonyl (C=O) groups is 2. The molecule has 0 aliphatic carbocycles. The summed E-state index contributed by atoms with van der Waals surface area (Å²) >= 11 is 0. The zero-order chi connectivity index (χ0) is 21.9. The van der Waals surface area contributed by atoms with Crippen molar-refractivity contribution >= 4 is 11.8 Å². The molecular formula is C25H43N3O2. The molecule has 0 aliphatic rings. The summed E-state index contributed by atoms with van der Waals surface area (Å²) in [6.07, 6.45) is 17.0. The maximum absolute atomic E-state index is 12.3. The fourth-order valence-electron chi connectivity index (χ4n) is 3.44. The molecule has 0 atom stereocenters. The van der Waals surface area contributed by atoms with Crippen LogP contribution in [0.2, 0.25) is 0 Å². The maximum atomic E-state index is 12.3. The molecule has 1 rings (SSSR count). The molecule has 0 fully saturated rings. The third-order valence-electron chi connectivity index (χ3n) is 5.35. The molecule has 30 heavy (non-hydrogen) atoms. The molecule has 0 saturated carbocycles. The highest BCUT2D eigenvalue weighted by Crippen LogP contribution is 2.08. The van der Waals surface area contributed by atoms with Crippen LogP contribution in [-0.4, -0.2) is 29.9 Å². The zero-order valence-electron chi connectivity index (χ0n) is 19.3. The molecule has 0 spiro atoms. The molecule has 0 aromatic carbocycles. The standard InChI is InChI=1S/C25H43N3O2/c1-3-5-7-9-11-13-15-20-26-24(29)22-18-17-19-23(28-22)25(30)27-21-16-14-12-10-8-6-4-2/h17-19H,3-16,20-21H2,1-2H3,(H,26,29)(H,27,30). The minimum atomic E-state index is -0.206. The van der Waals surface area contributed by atoms with Crippen molar-refractivity contribution in [3.63, 3.8) is 0 Å². The molecule has 1 heterocycles. The van der Waals surface area contributed by atoms with Gasteiger partial charge in [-0.2, -0.15) is 0 Å². The Morgan fingerprint density at radius 2 is 1.00 bits per heavy atom. The van der Waals surface area contributed by atoms with Crippen molar-refractivity contribution in [2.45, 2.75) is 104 Å². The van der Waals surface area contributed by atoms with Gasteiger partial charge in [-0.3, -0.25) is 9.59 Å². The third-order valence-corrected chi connectivity index (χ3v) is 5.35. The van der Waals surface area contributed by atoms with Crippen LogP contribution < -0.4 is 10.6 Å².